The summed E-state index contributed by atoms with van der Waals surface area (Å²) in [5, 5.41) is 1.51. The van der Waals surface area contributed by atoms with Crippen LogP contribution >= 0.6 is 0 Å². The SMILES string of the molecule is FC(F)(F)c1cc(-c2ccc3c4ccccc4n(-c4ccc(-c5nc(-c6ccccc6)cc(-c6ccccc6)n5)cc4-c4nc(-c5ccccc5)nc(-c5ccccc5)n4)c3c2)cc(C(F)(F)F)c1. The number of hydrogen-bond acceptors (Lipinski definition) is 5. The van der Waals surface area contributed by atoms with Crippen LogP contribution in [-0.2, 0) is 12.4 Å². The first-order chi connectivity index (χ1) is 33.4. The van der Waals surface area contributed by atoms with Gasteiger partial charge in [-0.25, -0.2) is 24.9 Å². The minimum Gasteiger partial charge on any atom is -0.308 e. The van der Waals surface area contributed by atoms with Gasteiger partial charge in [-0.15, -0.1) is 0 Å². The molecule has 12 heteroatoms. The van der Waals surface area contributed by atoms with Gasteiger partial charge in [0.15, 0.2) is 23.3 Å². The molecule has 0 N–H and O–H groups in total. The monoisotopic (exact) mass is 916 g/mol. The summed E-state index contributed by atoms with van der Waals surface area (Å²) >= 11 is 0. The summed E-state index contributed by atoms with van der Waals surface area (Å²) < 4.78 is 87.0. The molecular formula is C57H34F6N6. The molecule has 0 saturated carbocycles. The fourth-order valence-corrected chi connectivity index (χ4v) is 8.60. The molecule has 6 nitrogen and oxygen atoms in total. The molecule has 8 aromatic carbocycles. The first-order valence-electron chi connectivity index (χ1n) is 21.8. The Labute approximate surface area is 390 Å². The molecule has 334 valence electrons. The number of fused-ring (bicyclic) bond motifs is 3. The molecule has 0 amide bonds. The van der Waals surface area contributed by atoms with Gasteiger partial charge in [-0.2, -0.15) is 26.3 Å². The number of hydrogen-bond donors (Lipinski definition) is 0. The summed E-state index contributed by atoms with van der Waals surface area (Å²) in [7, 11) is 0. The molecule has 0 fully saturated rings. The second-order valence-electron chi connectivity index (χ2n) is 16.3. The van der Waals surface area contributed by atoms with Crippen molar-refractivity contribution < 1.29 is 26.3 Å². The van der Waals surface area contributed by atoms with Gasteiger partial charge in [0.1, 0.15) is 0 Å². The Morgan fingerprint density at radius 1 is 0.304 bits per heavy atom. The molecule has 11 aromatic rings. The second-order valence-corrected chi connectivity index (χ2v) is 16.3. The van der Waals surface area contributed by atoms with Crippen molar-refractivity contribution in [2.45, 2.75) is 12.4 Å². The maximum atomic E-state index is 14.2. The highest BCUT2D eigenvalue weighted by Crippen LogP contribution is 2.42. The zero-order chi connectivity index (χ0) is 47.3. The van der Waals surface area contributed by atoms with Gasteiger partial charge in [0.25, 0.3) is 0 Å². The van der Waals surface area contributed by atoms with E-state index in [-0.39, 0.29) is 23.0 Å². The average molecular weight is 917 g/mol. The summed E-state index contributed by atoms with van der Waals surface area (Å²) in [6.45, 7) is 0. The molecular weight excluding hydrogens is 883 g/mol. The van der Waals surface area contributed by atoms with Crippen molar-refractivity contribution in [2.75, 3.05) is 0 Å². The summed E-state index contributed by atoms with van der Waals surface area (Å²) in [5.74, 6) is 1.51. The number of aromatic nitrogens is 6. The second kappa shape index (κ2) is 17.1. The molecule has 0 bridgehead atoms. The van der Waals surface area contributed by atoms with E-state index in [2.05, 4.69) is 0 Å². The smallest absolute Gasteiger partial charge is 0.308 e. The minimum atomic E-state index is -5.03. The van der Waals surface area contributed by atoms with E-state index in [4.69, 9.17) is 24.9 Å². The van der Waals surface area contributed by atoms with E-state index in [0.717, 1.165) is 39.8 Å². The summed E-state index contributed by atoms with van der Waals surface area (Å²) in [5.41, 5.74) is 4.68. The summed E-state index contributed by atoms with van der Waals surface area (Å²) in [4.78, 5) is 25.5. The predicted molar refractivity (Wildman–Crippen MR) is 258 cm³/mol. The predicted octanol–water partition coefficient (Wildman–Crippen LogP) is 15.5. The van der Waals surface area contributed by atoms with E-state index in [9.17, 15) is 26.3 Å². The van der Waals surface area contributed by atoms with Crippen LogP contribution in [0.1, 0.15) is 11.1 Å². The molecule has 0 unspecified atom stereocenters. The van der Waals surface area contributed by atoms with Crippen LogP contribution in [-0.4, -0.2) is 29.5 Å². The zero-order valence-electron chi connectivity index (χ0n) is 36.1. The lowest BCUT2D eigenvalue weighted by Crippen LogP contribution is -2.11. The van der Waals surface area contributed by atoms with Crippen LogP contribution in [0.2, 0.25) is 0 Å². The van der Waals surface area contributed by atoms with Gasteiger partial charge in [0, 0.05) is 44.2 Å². The Balaban J connectivity index is 1.20. The number of halogens is 6. The summed E-state index contributed by atoms with van der Waals surface area (Å²) in [6.07, 6.45) is -10.1. The van der Waals surface area contributed by atoms with Gasteiger partial charge in [0.2, 0.25) is 0 Å². The molecule has 0 aliphatic heterocycles. The molecule has 3 heterocycles. The molecule has 0 aliphatic carbocycles. The van der Waals surface area contributed by atoms with Crippen LogP contribution in [0.25, 0.3) is 107 Å². The Hall–Kier alpha value is -8.77. The highest BCUT2D eigenvalue weighted by molar-refractivity contribution is 6.10. The zero-order valence-corrected chi connectivity index (χ0v) is 36.1. The Kier molecular flexibility index (Phi) is 10.6. The topological polar surface area (TPSA) is 69.4 Å². The first-order valence-corrected chi connectivity index (χ1v) is 21.8. The van der Waals surface area contributed by atoms with Gasteiger partial charge >= 0.3 is 12.4 Å². The van der Waals surface area contributed by atoms with Crippen LogP contribution in [0.5, 0.6) is 0 Å². The van der Waals surface area contributed by atoms with Gasteiger partial charge in [-0.05, 0) is 65.7 Å². The van der Waals surface area contributed by atoms with E-state index < -0.39 is 23.5 Å². The van der Waals surface area contributed by atoms with Crippen molar-refractivity contribution in [1.82, 2.24) is 29.5 Å². The standard InChI is InChI=1S/C57H34F6N6/c58-56(59,60)42-29-41(30-43(33-42)57(61,62)63)39-25-27-45-44-23-13-14-24-49(44)69(51(45)32-39)50-28-26-40(54-64-47(35-15-5-1-6-16-35)34-48(65-54)36-17-7-2-8-18-36)31-46(50)55-67-52(37-19-9-3-10-20-37)66-53(68-55)38-21-11-4-12-22-38/h1-34H. The Morgan fingerprint density at radius 2 is 0.754 bits per heavy atom. The third kappa shape index (κ3) is 8.37. The fraction of sp³-hybridized carbons (Fsp3) is 0.0351. The number of rotatable bonds is 8. The normalized spacial score (nSPS) is 11.9. The van der Waals surface area contributed by atoms with Crippen molar-refractivity contribution in [3.63, 3.8) is 0 Å². The van der Waals surface area contributed by atoms with Crippen LogP contribution < -0.4 is 0 Å². The number of alkyl halides is 6. The lowest BCUT2D eigenvalue weighted by Gasteiger charge is -2.17. The molecule has 0 spiro atoms. The van der Waals surface area contributed by atoms with Crippen molar-refractivity contribution in [3.8, 4) is 84.9 Å². The highest BCUT2D eigenvalue weighted by atomic mass is 19.4. The van der Waals surface area contributed by atoms with E-state index >= 15 is 0 Å². The highest BCUT2D eigenvalue weighted by Gasteiger charge is 2.37. The molecule has 11 rings (SSSR count). The lowest BCUT2D eigenvalue weighted by molar-refractivity contribution is -0.143. The largest absolute Gasteiger partial charge is 0.416 e. The number of nitrogens with zero attached hydrogens (tertiary/aromatic N) is 6. The maximum Gasteiger partial charge on any atom is 0.416 e. The minimum absolute atomic E-state index is 0.136. The van der Waals surface area contributed by atoms with Crippen molar-refractivity contribution in [3.05, 3.63) is 217 Å². The molecule has 0 saturated heterocycles. The average Bonchev–Trinajstić information content (AvgIpc) is 3.72. The van der Waals surface area contributed by atoms with E-state index in [1.165, 1.54) is 0 Å². The molecule has 3 aromatic heterocycles. The van der Waals surface area contributed by atoms with E-state index in [1.54, 1.807) is 18.2 Å². The van der Waals surface area contributed by atoms with Gasteiger partial charge in [-0.3, -0.25) is 0 Å². The third-order valence-electron chi connectivity index (χ3n) is 11.9. The van der Waals surface area contributed by atoms with Crippen molar-refractivity contribution in [2.24, 2.45) is 0 Å². The van der Waals surface area contributed by atoms with Gasteiger partial charge in [0.05, 0.1) is 39.2 Å². The third-order valence-corrected chi connectivity index (χ3v) is 11.9. The van der Waals surface area contributed by atoms with Crippen LogP contribution in [0.3, 0.4) is 0 Å². The van der Waals surface area contributed by atoms with Gasteiger partial charge < -0.3 is 4.57 Å². The molecule has 0 atom stereocenters. The van der Waals surface area contributed by atoms with Crippen LogP contribution in [0, 0.1) is 0 Å². The Bertz CT molecular complexity index is 3540. The van der Waals surface area contributed by atoms with E-state index in [0.29, 0.717) is 62.1 Å². The summed E-state index contributed by atoms with van der Waals surface area (Å²) in [6, 6.07) is 60.4. The Morgan fingerprint density at radius 3 is 1.29 bits per heavy atom. The van der Waals surface area contributed by atoms with Crippen LogP contribution in [0.4, 0.5) is 26.3 Å². The van der Waals surface area contributed by atoms with Gasteiger partial charge in [-0.1, -0.05) is 152 Å². The quantitative estimate of drug-likeness (QED) is 0.142. The maximum absolute atomic E-state index is 14.2. The fourth-order valence-electron chi connectivity index (χ4n) is 8.60. The number of benzene rings is 8. The van der Waals surface area contributed by atoms with E-state index in [1.807, 2.05) is 174 Å². The molecule has 0 aliphatic rings. The first kappa shape index (κ1) is 42.8. The number of para-hydroxylation sites is 1. The molecule has 0 radical (unpaired) electrons. The van der Waals surface area contributed by atoms with Crippen LogP contribution in [0.15, 0.2) is 206 Å². The van der Waals surface area contributed by atoms with Crippen molar-refractivity contribution >= 4 is 21.8 Å². The van der Waals surface area contributed by atoms with Crippen molar-refractivity contribution in [1.29, 1.82) is 0 Å². The lowest BCUT2D eigenvalue weighted by atomic mass is 9.98. The molecule has 69 heavy (non-hydrogen) atoms.